The van der Waals surface area contributed by atoms with Crippen LogP contribution < -0.4 is 10.6 Å². The fraction of sp³-hybridized carbons (Fsp3) is 0.333. The summed E-state index contributed by atoms with van der Waals surface area (Å²) < 4.78 is 0. The first-order valence-electron chi connectivity index (χ1n) is 8.62. The first-order valence-corrected chi connectivity index (χ1v) is 8.62. The lowest BCUT2D eigenvalue weighted by Crippen LogP contribution is -2.14. The maximum absolute atomic E-state index is 3.56. The summed E-state index contributed by atoms with van der Waals surface area (Å²) in [5.74, 6) is 0. The van der Waals surface area contributed by atoms with Crippen LogP contribution in [-0.4, -0.2) is 6.04 Å². The molecule has 2 aromatic rings. The third-order valence-corrected chi connectivity index (χ3v) is 3.86. The van der Waals surface area contributed by atoms with E-state index >= 15 is 0 Å². The molecule has 2 N–H and O–H groups in total. The van der Waals surface area contributed by atoms with E-state index in [1.54, 1.807) is 0 Å². The molecule has 23 heavy (non-hydrogen) atoms. The molecule has 2 nitrogen and oxygen atoms in total. The maximum Gasteiger partial charge on any atom is 0.0381 e. The summed E-state index contributed by atoms with van der Waals surface area (Å²) in [6.45, 7) is 4.50. The number of hydrogen-bond donors (Lipinski definition) is 2. The van der Waals surface area contributed by atoms with Crippen molar-refractivity contribution in [2.24, 2.45) is 0 Å². The topological polar surface area (TPSA) is 24.1 Å². The fourth-order valence-electron chi connectivity index (χ4n) is 2.52. The Morgan fingerprint density at radius 1 is 0.913 bits per heavy atom. The van der Waals surface area contributed by atoms with Crippen LogP contribution in [0.2, 0.25) is 0 Å². The Bertz CT molecular complexity index is 573. The lowest BCUT2D eigenvalue weighted by atomic mass is 10.1. The van der Waals surface area contributed by atoms with Crippen molar-refractivity contribution in [1.82, 2.24) is 0 Å². The van der Waals surface area contributed by atoms with Gasteiger partial charge < -0.3 is 10.6 Å². The normalized spacial score (nSPS) is 12.3. The molecule has 0 aliphatic rings. The lowest BCUT2D eigenvalue weighted by molar-refractivity contribution is 0.615. The smallest absolute Gasteiger partial charge is 0.0381 e. The van der Waals surface area contributed by atoms with E-state index in [9.17, 15) is 0 Å². The van der Waals surface area contributed by atoms with Gasteiger partial charge >= 0.3 is 0 Å². The van der Waals surface area contributed by atoms with Crippen molar-refractivity contribution in [1.29, 1.82) is 0 Å². The number of unbranched alkanes of at least 4 members (excludes halogenated alkanes) is 2. The van der Waals surface area contributed by atoms with Crippen LogP contribution in [0.3, 0.4) is 0 Å². The number of hydrogen-bond acceptors (Lipinski definition) is 2. The lowest BCUT2D eigenvalue weighted by Gasteiger charge is -2.15. The van der Waals surface area contributed by atoms with E-state index < -0.39 is 0 Å². The van der Waals surface area contributed by atoms with Crippen molar-refractivity contribution in [2.75, 3.05) is 10.6 Å². The first-order chi connectivity index (χ1) is 11.3. The molecule has 1 atom stereocenters. The number of rotatable bonds is 9. The minimum absolute atomic E-state index is 0.526. The molecule has 0 aliphatic carbocycles. The molecule has 0 bridgehead atoms. The Balaban J connectivity index is 1.79. The van der Waals surface area contributed by atoms with Crippen molar-refractivity contribution in [2.45, 2.75) is 45.6 Å². The SMILES string of the molecule is CCCCCC(C)Nc1ccc(NC=Cc2ccccc2)cc1. The standard InChI is InChI=1S/C21H28N2/c1-3-4-6-9-18(2)23-21-14-12-20(13-15-21)22-17-16-19-10-7-5-8-11-19/h5,7-8,10-18,22-23H,3-4,6,9H2,1-2H3. The zero-order valence-corrected chi connectivity index (χ0v) is 14.3. The monoisotopic (exact) mass is 308 g/mol. The molecule has 2 rings (SSSR count). The first kappa shape index (κ1) is 17.1. The quantitative estimate of drug-likeness (QED) is 0.543. The third-order valence-electron chi connectivity index (χ3n) is 3.86. The Kier molecular flexibility index (Phi) is 7.25. The molecule has 0 saturated carbocycles. The highest BCUT2D eigenvalue weighted by atomic mass is 14.9. The van der Waals surface area contributed by atoms with Gasteiger partial charge in [0.25, 0.3) is 0 Å². The minimum atomic E-state index is 0.526. The van der Waals surface area contributed by atoms with Gasteiger partial charge in [0, 0.05) is 23.6 Å². The molecule has 122 valence electrons. The van der Waals surface area contributed by atoms with Crippen molar-refractivity contribution in [3.05, 3.63) is 66.4 Å². The molecule has 2 aromatic carbocycles. The van der Waals surface area contributed by atoms with Gasteiger partial charge in [0.05, 0.1) is 0 Å². The van der Waals surface area contributed by atoms with Gasteiger partial charge in [-0.05, 0) is 49.2 Å². The molecule has 0 aromatic heterocycles. The average molecular weight is 308 g/mol. The predicted molar refractivity (Wildman–Crippen MR) is 103 cm³/mol. The highest BCUT2D eigenvalue weighted by Crippen LogP contribution is 2.16. The molecule has 0 aliphatic heterocycles. The van der Waals surface area contributed by atoms with E-state index in [1.165, 1.54) is 36.9 Å². The van der Waals surface area contributed by atoms with Gasteiger partial charge in [-0.2, -0.15) is 0 Å². The zero-order chi connectivity index (χ0) is 16.3. The molecule has 0 amide bonds. The van der Waals surface area contributed by atoms with Gasteiger partial charge in [-0.25, -0.2) is 0 Å². The highest BCUT2D eigenvalue weighted by Gasteiger charge is 2.01. The number of anilines is 2. The molecule has 0 fully saturated rings. The van der Waals surface area contributed by atoms with E-state index in [1.807, 2.05) is 24.4 Å². The van der Waals surface area contributed by atoms with Gasteiger partial charge in [0.2, 0.25) is 0 Å². The van der Waals surface area contributed by atoms with E-state index in [-0.39, 0.29) is 0 Å². The maximum atomic E-state index is 3.56. The largest absolute Gasteiger partial charge is 0.383 e. The van der Waals surface area contributed by atoms with Crippen molar-refractivity contribution >= 4 is 17.5 Å². The van der Waals surface area contributed by atoms with Crippen LogP contribution in [0, 0.1) is 0 Å². The van der Waals surface area contributed by atoms with Crippen molar-refractivity contribution in [3.8, 4) is 0 Å². The second-order valence-corrected chi connectivity index (χ2v) is 6.01. The Morgan fingerprint density at radius 2 is 1.61 bits per heavy atom. The second kappa shape index (κ2) is 9.73. The van der Waals surface area contributed by atoms with Crippen LogP contribution in [0.25, 0.3) is 6.08 Å². The average Bonchev–Trinajstić information content (AvgIpc) is 2.58. The predicted octanol–water partition coefficient (Wildman–Crippen LogP) is 6.15. The van der Waals surface area contributed by atoms with Gasteiger partial charge in [0.15, 0.2) is 0 Å². The highest BCUT2D eigenvalue weighted by molar-refractivity contribution is 5.58. The second-order valence-electron chi connectivity index (χ2n) is 6.01. The molecular weight excluding hydrogens is 280 g/mol. The van der Waals surface area contributed by atoms with Crippen LogP contribution in [0.15, 0.2) is 60.8 Å². The number of benzene rings is 2. The van der Waals surface area contributed by atoms with E-state index in [4.69, 9.17) is 0 Å². The van der Waals surface area contributed by atoms with Crippen molar-refractivity contribution < 1.29 is 0 Å². The van der Waals surface area contributed by atoms with Crippen LogP contribution in [0.4, 0.5) is 11.4 Å². The van der Waals surface area contributed by atoms with E-state index in [0.29, 0.717) is 6.04 Å². The third kappa shape index (κ3) is 6.60. The summed E-state index contributed by atoms with van der Waals surface area (Å²) in [6.07, 6.45) is 9.18. The van der Waals surface area contributed by atoms with Gasteiger partial charge in [-0.1, -0.05) is 56.5 Å². The van der Waals surface area contributed by atoms with E-state index in [0.717, 1.165) is 5.69 Å². The summed E-state index contributed by atoms with van der Waals surface area (Å²) in [4.78, 5) is 0. The molecule has 0 saturated heterocycles. The zero-order valence-electron chi connectivity index (χ0n) is 14.3. The molecule has 0 spiro atoms. The van der Waals surface area contributed by atoms with E-state index in [2.05, 4.69) is 67.0 Å². The van der Waals surface area contributed by atoms with Crippen LogP contribution in [-0.2, 0) is 0 Å². The molecule has 1 unspecified atom stereocenters. The van der Waals surface area contributed by atoms with Crippen molar-refractivity contribution in [3.63, 3.8) is 0 Å². The van der Waals surface area contributed by atoms with Crippen LogP contribution in [0.1, 0.15) is 45.1 Å². The summed E-state index contributed by atoms with van der Waals surface area (Å²) in [7, 11) is 0. The molecule has 0 radical (unpaired) electrons. The minimum Gasteiger partial charge on any atom is -0.383 e. The summed E-state index contributed by atoms with van der Waals surface area (Å²) >= 11 is 0. The Morgan fingerprint density at radius 3 is 2.30 bits per heavy atom. The van der Waals surface area contributed by atoms with Gasteiger partial charge in [-0.3, -0.25) is 0 Å². The fourth-order valence-corrected chi connectivity index (χ4v) is 2.52. The van der Waals surface area contributed by atoms with Gasteiger partial charge in [0.1, 0.15) is 0 Å². The summed E-state index contributed by atoms with van der Waals surface area (Å²) in [5.41, 5.74) is 3.48. The van der Waals surface area contributed by atoms with Crippen LogP contribution in [0.5, 0.6) is 0 Å². The Labute approximate surface area is 140 Å². The number of nitrogens with one attached hydrogen (secondary N) is 2. The summed E-state index contributed by atoms with van der Waals surface area (Å²) in [6, 6.07) is 19.3. The summed E-state index contributed by atoms with van der Waals surface area (Å²) in [5, 5.41) is 6.87. The van der Waals surface area contributed by atoms with Gasteiger partial charge in [-0.15, -0.1) is 0 Å². The Hall–Kier alpha value is -2.22. The molecule has 2 heteroatoms. The molecular formula is C21H28N2. The van der Waals surface area contributed by atoms with Crippen LogP contribution >= 0.6 is 0 Å². The molecule has 0 heterocycles.